The lowest BCUT2D eigenvalue weighted by Crippen LogP contribution is -2.28. The molecule has 0 fully saturated rings. The van der Waals surface area contributed by atoms with Gasteiger partial charge in [-0.2, -0.15) is 0 Å². The van der Waals surface area contributed by atoms with Crippen LogP contribution in [0.2, 0.25) is 5.02 Å². The van der Waals surface area contributed by atoms with Crippen molar-refractivity contribution in [3.05, 3.63) is 64.2 Å². The lowest BCUT2D eigenvalue weighted by molar-refractivity contribution is 0.0955. The van der Waals surface area contributed by atoms with Crippen molar-refractivity contribution in [3.8, 4) is 0 Å². The molecule has 0 aliphatic carbocycles. The molecule has 0 heterocycles. The van der Waals surface area contributed by atoms with Gasteiger partial charge in [0, 0.05) is 29.4 Å². The molecule has 0 unspecified atom stereocenters. The number of rotatable bonds is 5. The van der Waals surface area contributed by atoms with E-state index in [0.29, 0.717) is 29.4 Å². The van der Waals surface area contributed by atoms with Gasteiger partial charge in [-0.3, -0.25) is 4.79 Å². The van der Waals surface area contributed by atoms with E-state index in [-0.39, 0.29) is 11.9 Å². The maximum Gasteiger partial charge on any atom is 0.319 e. The van der Waals surface area contributed by atoms with Crippen LogP contribution in [0.5, 0.6) is 0 Å². The van der Waals surface area contributed by atoms with E-state index in [0.717, 1.165) is 11.1 Å². The molecule has 0 radical (unpaired) electrons. The maximum atomic E-state index is 12.0. The summed E-state index contributed by atoms with van der Waals surface area (Å²) in [6, 6.07) is 12.2. The molecule has 2 aromatic carbocycles. The zero-order valence-corrected chi connectivity index (χ0v) is 14.4. The van der Waals surface area contributed by atoms with E-state index in [1.807, 2.05) is 32.0 Å². The summed E-state index contributed by atoms with van der Waals surface area (Å²) in [6.07, 6.45) is 0. The molecule has 0 aromatic heterocycles. The first-order chi connectivity index (χ1) is 11.5. The number of aryl methyl sites for hydroxylation is 1. The van der Waals surface area contributed by atoms with Gasteiger partial charge in [0.05, 0.1) is 0 Å². The molecule has 2 rings (SSSR count). The second-order valence-corrected chi connectivity index (χ2v) is 5.70. The minimum Gasteiger partial charge on any atom is -0.352 e. The van der Waals surface area contributed by atoms with Crippen molar-refractivity contribution in [1.82, 2.24) is 10.6 Å². The summed E-state index contributed by atoms with van der Waals surface area (Å²) < 4.78 is 0. The van der Waals surface area contributed by atoms with Crippen molar-refractivity contribution in [2.45, 2.75) is 20.4 Å². The lowest BCUT2D eigenvalue weighted by Gasteiger charge is -2.12. The predicted molar refractivity (Wildman–Crippen MR) is 96.5 cm³/mol. The number of hydrogen-bond donors (Lipinski definition) is 3. The third-order valence-electron chi connectivity index (χ3n) is 3.47. The Kier molecular flexibility index (Phi) is 6.21. The fraction of sp³-hybridized carbons (Fsp3) is 0.222. The Morgan fingerprint density at radius 2 is 1.83 bits per heavy atom. The third kappa shape index (κ3) is 4.73. The number of nitrogens with one attached hydrogen (secondary N) is 3. The first-order valence-electron chi connectivity index (χ1n) is 7.68. The second-order valence-electron chi connectivity index (χ2n) is 5.29. The average Bonchev–Trinajstić information content (AvgIpc) is 2.56. The highest BCUT2D eigenvalue weighted by Crippen LogP contribution is 2.17. The number of hydrogen-bond acceptors (Lipinski definition) is 2. The van der Waals surface area contributed by atoms with Gasteiger partial charge in [-0.25, -0.2) is 4.79 Å². The number of urea groups is 1. The van der Waals surface area contributed by atoms with Crippen LogP contribution >= 0.6 is 11.6 Å². The van der Waals surface area contributed by atoms with Gasteiger partial charge in [0.1, 0.15) is 0 Å². The van der Waals surface area contributed by atoms with Crippen LogP contribution in [0.1, 0.15) is 28.4 Å². The Labute approximate surface area is 146 Å². The molecule has 0 atom stereocenters. The van der Waals surface area contributed by atoms with E-state index < -0.39 is 0 Å². The summed E-state index contributed by atoms with van der Waals surface area (Å²) in [7, 11) is 0. The Bertz CT molecular complexity index is 747. The van der Waals surface area contributed by atoms with Crippen LogP contribution in [0, 0.1) is 6.92 Å². The molecule has 2 aromatic rings. The molecule has 126 valence electrons. The highest BCUT2D eigenvalue weighted by atomic mass is 35.5. The van der Waals surface area contributed by atoms with Crippen LogP contribution in [0.15, 0.2) is 42.5 Å². The minimum atomic E-state index is -0.330. The molecule has 3 amide bonds. The molecule has 0 saturated heterocycles. The van der Waals surface area contributed by atoms with E-state index in [1.54, 1.807) is 24.3 Å². The first kappa shape index (κ1) is 17.8. The van der Waals surface area contributed by atoms with E-state index in [9.17, 15) is 9.59 Å². The van der Waals surface area contributed by atoms with Crippen LogP contribution in [0.3, 0.4) is 0 Å². The summed E-state index contributed by atoms with van der Waals surface area (Å²) in [5.74, 6) is -0.129. The van der Waals surface area contributed by atoms with Gasteiger partial charge in [0.2, 0.25) is 0 Å². The highest BCUT2D eigenvalue weighted by molar-refractivity contribution is 6.31. The van der Waals surface area contributed by atoms with Gasteiger partial charge in [-0.1, -0.05) is 29.8 Å². The summed E-state index contributed by atoms with van der Waals surface area (Å²) in [6.45, 7) is 4.61. The number of anilines is 1. The maximum absolute atomic E-state index is 12.0. The molecule has 0 bridgehead atoms. The van der Waals surface area contributed by atoms with Crippen molar-refractivity contribution in [1.29, 1.82) is 0 Å². The Morgan fingerprint density at radius 1 is 1.08 bits per heavy atom. The largest absolute Gasteiger partial charge is 0.352 e. The van der Waals surface area contributed by atoms with Crippen LogP contribution < -0.4 is 16.0 Å². The summed E-state index contributed by atoms with van der Waals surface area (Å²) >= 11 is 6.06. The Hall–Kier alpha value is -2.53. The molecule has 0 spiro atoms. The van der Waals surface area contributed by atoms with Crippen LogP contribution in [-0.4, -0.2) is 18.5 Å². The summed E-state index contributed by atoms with van der Waals surface area (Å²) in [5.41, 5.74) is 2.88. The average molecular weight is 346 g/mol. The van der Waals surface area contributed by atoms with Gasteiger partial charge < -0.3 is 16.0 Å². The zero-order valence-electron chi connectivity index (χ0n) is 13.7. The molecule has 6 heteroatoms. The minimum absolute atomic E-state index is 0.129. The van der Waals surface area contributed by atoms with Crippen LogP contribution in [-0.2, 0) is 6.54 Å². The quantitative estimate of drug-likeness (QED) is 0.773. The molecule has 0 aliphatic rings. The van der Waals surface area contributed by atoms with Gasteiger partial charge in [-0.15, -0.1) is 0 Å². The highest BCUT2D eigenvalue weighted by Gasteiger charge is 2.09. The number of carbonyl (C=O) groups is 2. The first-order valence-corrected chi connectivity index (χ1v) is 8.06. The van der Waals surface area contributed by atoms with Crippen LogP contribution in [0.25, 0.3) is 0 Å². The molecule has 5 nitrogen and oxygen atoms in total. The number of carbonyl (C=O) groups excluding carboxylic acids is 2. The monoisotopic (exact) mass is 345 g/mol. The summed E-state index contributed by atoms with van der Waals surface area (Å²) in [4.78, 5) is 23.8. The predicted octanol–water partition coefficient (Wildman–Crippen LogP) is 3.72. The summed E-state index contributed by atoms with van der Waals surface area (Å²) in [5, 5.41) is 8.89. The van der Waals surface area contributed by atoms with Crippen molar-refractivity contribution in [2.24, 2.45) is 0 Å². The standard InChI is InChI=1S/C18H20ClN3O2/c1-3-20-17(23)13-8-9-16(12(2)10-13)22-18(24)21-11-14-6-4-5-7-15(14)19/h4-10H,3,11H2,1-2H3,(H,20,23)(H2,21,22,24). The van der Waals surface area contributed by atoms with Gasteiger partial charge in [0.25, 0.3) is 5.91 Å². The van der Waals surface area contributed by atoms with Crippen LogP contribution in [0.4, 0.5) is 10.5 Å². The van der Waals surface area contributed by atoms with E-state index in [2.05, 4.69) is 16.0 Å². The van der Waals surface area contributed by atoms with E-state index >= 15 is 0 Å². The fourth-order valence-electron chi connectivity index (χ4n) is 2.19. The van der Waals surface area contributed by atoms with Gasteiger partial charge in [-0.05, 0) is 49.2 Å². The van der Waals surface area contributed by atoms with Crippen molar-refractivity contribution >= 4 is 29.2 Å². The SMILES string of the molecule is CCNC(=O)c1ccc(NC(=O)NCc2ccccc2Cl)c(C)c1. The molecular formula is C18H20ClN3O2. The molecule has 3 N–H and O–H groups in total. The Balaban J connectivity index is 1.96. The lowest BCUT2D eigenvalue weighted by atomic mass is 10.1. The molecule has 0 saturated carbocycles. The van der Waals surface area contributed by atoms with E-state index in [4.69, 9.17) is 11.6 Å². The molecule has 24 heavy (non-hydrogen) atoms. The van der Waals surface area contributed by atoms with Crippen molar-refractivity contribution in [2.75, 3.05) is 11.9 Å². The zero-order chi connectivity index (χ0) is 17.5. The number of benzene rings is 2. The third-order valence-corrected chi connectivity index (χ3v) is 3.84. The second kappa shape index (κ2) is 8.36. The van der Waals surface area contributed by atoms with E-state index in [1.165, 1.54) is 0 Å². The molecule has 0 aliphatic heterocycles. The Morgan fingerprint density at radius 3 is 2.50 bits per heavy atom. The fourth-order valence-corrected chi connectivity index (χ4v) is 2.39. The van der Waals surface area contributed by atoms with Crippen molar-refractivity contribution < 1.29 is 9.59 Å². The van der Waals surface area contributed by atoms with Gasteiger partial charge in [0.15, 0.2) is 0 Å². The number of halogens is 1. The smallest absolute Gasteiger partial charge is 0.319 e. The topological polar surface area (TPSA) is 70.2 Å². The van der Waals surface area contributed by atoms with Gasteiger partial charge >= 0.3 is 6.03 Å². The molecular weight excluding hydrogens is 326 g/mol. The normalized spacial score (nSPS) is 10.1. The van der Waals surface area contributed by atoms with Crippen molar-refractivity contribution in [3.63, 3.8) is 0 Å². The number of amides is 3.